The summed E-state index contributed by atoms with van der Waals surface area (Å²) in [5, 5.41) is 3.44. The van der Waals surface area contributed by atoms with Crippen molar-refractivity contribution in [2.45, 2.75) is 45.6 Å². The van der Waals surface area contributed by atoms with Gasteiger partial charge in [-0.2, -0.15) is 0 Å². The molecule has 3 rings (SSSR count). The van der Waals surface area contributed by atoms with Crippen LogP contribution in [-0.4, -0.2) is 62.3 Å². The van der Waals surface area contributed by atoms with Crippen molar-refractivity contribution in [2.75, 3.05) is 51.3 Å². The van der Waals surface area contributed by atoms with Crippen molar-refractivity contribution in [3.63, 3.8) is 0 Å². The maximum atomic E-state index is 5.47. The van der Waals surface area contributed by atoms with Gasteiger partial charge in [-0.1, -0.05) is 0 Å². The maximum absolute atomic E-state index is 5.47. The summed E-state index contributed by atoms with van der Waals surface area (Å²) in [7, 11) is 2.14. The normalized spacial score (nSPS) is 18.7. The molecule has 0 radical (unpaired) electrons. The topological polar surface area (TPSA) is 53.0 Å². The van der Waals surface area contributed by atoms with E-state index in [1.165, 1.54) is 37.7 Å². The number of nitrogens with one attached hydrogen (secondary N) is 1. The molecule has 6 nitrogen and oxygen atoms in total. The Balaban J connectivity index is 1.56. The fourth-order valence-corrected chi connectivity index (χ4v) is 3.83. The Morgan fingerprint density at radius 2 is 2.11 bits per heavy atom. The van der Waals surface area contributed by atoms with E-state index in [4.69, 9.17) is 9.73 Å². The minimum absolute atomic E-state index is 0.688. The molecule has 2 aliphatic rings. The molecule has 0 amide bonds. The zero-order valence-electron chi connectivity index (χ0n) is 17.0. The van der Waals surface area contributed by atoms with E-state index in [0.717, 1.165) is 57.1 Å². The van der Waals surface area contributed by atoms with Crippen LogP contribution in [0.5, 0.6) is 0 Å². The number of hydrogen-bond donors (Lipinski definition) is 1. The second kappa shape index (κ2) is 10.5. The Kier molecular flexibility index (Phi) is 7.75. The molecule has 6 heteroatoms. The van der Waals surface area contributed by atoms with Gasteiger partial charge in [0.1, 0.15) is 5.82 Å². The third kappa shape index (κ3) is 6.09. The fourth-order valence-electron chi connectivity index (χ4n) is 3.83. The van der Waals surface area contributed by atoms with Crippen molar-refractivity contribution in [3.05, 3.63) is 23.9 Å². The van der Waals surface area contributed by atoms with Crippen molar-refractivity contribution in [1.82, 2.24) is 15.2 Å². The lowest BCUT2D eigenvalue weighted by atomic mass is 9.96. The van der Waals surface area contributed by atoms with Crippen LogP contribution in [0.25, 0.3) is 0 Å². The number of anilines is 1. The van der Waals surface area contributed by atoms with Gasteiger partial charge in [-0.3, -0.25) is 0 Å². The minimum atomic E-state index is 0.688. The lowest BCUT2D eigenvalue weighted by Crippen LogP contribution is -2.40. The molecule has 1 aromatic heterocycles. The van der Waals surface area contributed by atoms with E-state index in [1.807, 2.05) is 6.20 Å². The quantitative estimate of drug-likeness (QED) is 0.588. The summed E-state index contributed by atoms with van der Waals surface area (Å²) < 4.78 is 5.47. The van der Waals surface area contributed by atoms with Crippen molar-refractivity contribution in [1.29, 1.82) is 0 Å². The van der Waals surface area contributed by atoms with Crippen LogP contribution in [0.1, 0.15) is 44.6 Å². The molecule has 2 fully saturated rings. The fraction of sp³-hybridized carbons (Fsp3) is 0.714. The molecule has 3 heterocycles. The molecule has 27 heavy (non-hydrogen) atoms. The summed E-state index contributed by atoms with van der Waals surface area (Å²) >= 11 is 0. The number of aromatic nitrogens is 1. The Labute approximate surface area is 164 Å². The molecule has 2 saturated heterocycles. The molecule has 0 aromatic carbocycles. The summed E-state index contributed by atoms with van der Waals surface area (Å²) in [6, 6.07) is 4.27. The Bertz CT molecular complexity index is 594. The van der Waals surface area contributed by atoms with E-state index < -0.39 is 0 Å². The number of nitrogens with zero attached hydrogens (tertiary/aromatic N) is 4. The smallest absolute Gasteiger partial charge is 0.193 e. The third-order valence-electron chi connectivity index (χ3n) is 5.56. The average Bonchev–Trinajstić information content (AvgIpc) is 3.25. The van der Waals surface area contributed by atoms with Gasteiger partial charge in [-0.15, -0.1) is 0 Å². The number of pyridine rings is 1. The highest BCUT2D eigenvalue weighted by molar-refractivity contribution is 5.79. The summed E-state index contributed by atoms with van der Waals surface area (Å²) in [5.41, 5.74) is 1.22. The average molecular weight is 374 g/mol. The standard InChI is InChI=1S/C21H35N5O/c1-3-22-21(25(2)13-7-18-8-14-27-15-9-18)24-17-19-6-10-23-20(16-19)26-11-4-5-12-26/h6,10,16,18H,3-5,7-9,11-15,17H2,1-2H3,(H,22,24). The molecule has 0 atom stereocenters. The van der Waals surface area contributed by atoms with E-state index in [9.17, 15) is 0 Å². The van der Waals surface area contributed by atoms with Crippen LogP contribution in [0.3, 0.4) is 0 Å². The summed E-state index contributed by atoms with van der Waals surface area (Å²) in [6.07, 6.45) is 8.05. The van der Waals surface area contributed by atoms with Crippen molar-refractivity contribution < 1.29 is 4.74 Å². The van der Waals surface area contributed by atoms with E-state index in [0.29, 0.717) is 6.54 Å². The Morgan fingerprint density at radius 1 is 1.33 bits per heavy atom. The number of hydrogen-bond acceptors (Lipinski definition) is 4. The van der Waals surface area contributed by atoms with Crippen LogP contribution in [0.15, 0.2) is 23.3 Å². The SMILES string of the molecule is CCNC(=NCc1ccnc(N2CCCC2)c1)N(C)CCC1CCOCC1. The van der Waals surface area contributed by atoms with Crippen LogP contribution in [0.2, 0.25) is 0 Å². The Hall–Kier alpha value is -1.82. The van der Waals surface area contributed by atoms with E-state index >= 15 is 0 Å². The van der Waals surface area contributed by atoms with Crippen LogP contribution in [0, 0.1) is 5.92 Å². The first-order chi connectivity index (χ1) is 13.3. The number of ether oxygens (including phenoxy) is 1. The second-order valence-electron chi connectivity index (χ2n) is 7.65. The van der Waals surface area contributed by atoms with Gasteiger partial charge in [0.25, 0.3) is 0 Å². The van der Waals surface area contributed by atoms with Crippen LogP contribution in [0.4, 0.5) is 5.82 Å². The molecule has 1 aromatic rings. The number of rotatable bonds is 7. The van der Waals surface area contributed by atoms with E-state index in [2.05, 4.69) is 46.2 Å². The molecule has 0 aliphatic carbocycles. The molecule has 0 bridgehead atoms. The van der Waals surface area contributed by atoms with Crippen molar-refractivity contribution in [3.8, 4) is 0 Å². The molecule has 0 saturated carbocycles. The summed E-state index contributed by atoms with van der Waals surface area (Å²) in [4.78, 5) is 14.1. The zero-order chi connectivity index (χ0) is 18.9. The number of aliphatic imine (C=N–C) groups is 1. The van der Waals surface area contributed by atoms with Gasteiger partial charge in [0.15, 0.2) is 5.96 Å². The summed E-state index contributed by atoms with van der Waals surface area (Å²) in [6.45, 7) is 8.82. The maximum Gasteiger partial charge on any atom is 0.193 e. The highest BCUT2D eigenvalue weighted by Gasteiger charge is 2.16. The van der Waals surface area contributed by atoms with Gasteiger partial charge in [-0.05, 0) is 62.6 Å². The monoisotopic (exact) mass is 373 g/mol. The molecule has 150 valence electrons. The molecular weight excluding hydrogens is 338 g/mol. The molecule has 2 aliphatic heterocycles. The van der Waals surface area contributed by atoms with Crippen LogP contribution in [-0.2, 0) is 11.3 Å². The first-order valence-electron chi connectivity index (χ1n) is 10.5. The summed E-state index contributed by atoms with van der Waals surface area (Å²) in [5.74, 6) is 2.87. The van der Waals surface area contributed by atoms with E-state index in [-0.39, 0.29) is 0 Å². The predicted molar refractivity (Wildman–Crippen MR) is 111 cm³/mol. The molecule has 0 unspecified atom stereocenters. The molecule has 1 N–H and O–H groups in total. The van der Waals surface area contributed by atoms with Gasteiger partial charge in [0, 0.05) is 52.6 Å². The Morgan fingerprint density at radius 3 is 2.85 bits per heavy atom. The minimum Gasteiger partial charge on any atom is -0.381 e. The lowest BCUT2D eigenvalue weighted by molar-refractivity contribution is 0.0625. The lowest BCUT2D eigenvalue weighted by Gasteiger charge is -2.27. The van der Waals surface area contributed by atoms with Crippen LogP contribution >= 0.6 is 0 Å². The third-order valence-corrected chi connectivity index (χ3v) is 5.56. The first-order valence-corrected chi connectivity index (χ1v) is 10.5. The van der Waals surface area contributed by atoms with Crippen molar-refractivity contribution >= 4 is 11.8 Å². The zero-order valence-corrected chi connectivity index (χ0v) is 17.0. The van der Waals surface area contributed by atoms with Crippen LogP contribution < -0.4 is 10.2 Å². The highest BCUT2D eigenvalue weighted by atomic mass is 16.5. The van der Waals surface area contributed by atoms with E-state index in [1.54, 1.807) is 0 Å². The van der Waals surface area contributed by atoms with Gasteiger partial charge in [-0.25, -0.2) is 9.98 Å². The molecule has 0 spiro atoms. The molecular formula is C21H35N5O. The highest BCUT2D eigenvalue weighted by Crippen LogP contribution is 2.20. The predicted octanol–water partition coefficient (Wildman–Crippen LogP) is 2.90. The largest absolute Gasteiger partial charge is 0.381 e. The first kappa shape index (κ1) is 19.9. The van der Waals surface area contributed by atoms with Crippen molar-refractivity contribution in [2.24, 2.45) is 10.9 Å². The van der Waals surface area contributed by atoms with Gasteiger partial charge >= 0.3 is 0 Å². The second-order valence-corrected chi connectivity index (χ2v) is 7.65. The number of guanidine groups is 1. The van der Waals surface area contributed by atoms with Gasteiger partial charge < -0.3 is 19.9 Å². The van der Waals surface area contributed by atoms with Gasteiger partial charge in [0.2, 0.25) is 0 Å². The van der Waals surface area contributed by atoms with Gasteiger partial charge in [0.05, 0.1) is 6.54 Å².